The van der Waals surface area contributed by atoms with E-state index in [1.165, 1.54) is 17.9 Å². The van der Waals surface area contributed by atoms with Gasteiger partial charge < -0.3 is 9.32 Å². The molecule has 1 fully saturated rings. The van der Waals surface area contributed by atoms with Crippen molar-refractivity contribution in [2.75, 3.05) is 23.0 Å². The van der Waals surface area contributed by atoms with E-state index < -0.39 is 0 Å². The monoisotopic (exact) mass is 409 g/mol. The quantitative estimate of drug-likeness (QED) is 0.265. The zero-order chi connectivity index (χ0) is 21.7. The molecule has 4 rings (SSSR count). The van der Waals surface area contributed by atoms with Gasteiger partial charge >= 0.3 is 11.3 Å². The van der Waals surface area contributed by atoms with Crippen LogP contribution in [0.4, 0.5) is 11.6 Å². The van der Waals surface area contributed by atoms with Gasteiger partial charge in [0.2, 0.25) is 0 Å². The van der Waals surface area contributed by atoms with E-state index in [0.717, 1.165) is 30.1 Å². The summed E-state index contributed by atoms with van der Waals surface area (Å²) in [4.78, 5) is 19.4. The van der Waals surface area contributed by atoms with Gasteiger partial charge in [-0.1, -0.05) is 12.1 Å². The molecular formula is C22H23N3O5. The zero-order valence-corrected chi connectivity index (χ0v) is 16.9. The number of carbonyl (C=O) groups excluding carboxylic acids is 1. The van der Waals surface area contributed by atoms with E-state index in [2.05, 4.69) is 21.5 Å². The molecule has 156 valence electrons. The third kappa shape index (κ3) is 4.37. The normalized spacial score (nSPS) is 17.3. The van der Waals surface area contributed by atoms with Crippen molar-refractivity contribution < 1.29 is 24.0 Å². The zero-order valence-electron chi connectivity index (χ0n) is 16.9. The molecule has 0 aliphatic carbocycles. The van der Waals surface area contributed by atoms with Gasteiger partial charge in [-0.15, -0.1) is 0 Å². The van der Waals surface area contributed by atoms with Crippen LogP contribution in [0.2, 0.25) is 0 Å². The first kappa shape index (κ1) is 21.5. The van der Waals surface area contributed by atoms with E-state index in [0.29, 0.717) is 22.7 Å². The number of carbonyl (C=O) groups is 1. The number of rotatable bonds is 5. The van der Waals surface area contributed by atoms with Gasteiger partial charge in [0.25, 0.3) is 5.91 Å². The average Bonchev–Trinajstić information content (AvgIpc) is 3.46. The summed E-state index contributed by atoms with van der Waals surface area (Å²) in [6, 6.07) is 9.11. The van der Waals surface area contributed by atoms with Gasteiger partial charge in [0, 0.05) is 18.7 Å². The molecule has 0 atom stereocenters. The van der Waals surface area contributed by atoms with Crippen LogP contribution in [0.1, 0.15) is 36.7 Å². The van der Waals surface area contributed by atoms with Crippen molar-refractivity contribution in [3.8, 4) is 0 Å². The summed E-state index contributed by atoms with van der Waals surface area (Å²) in [6.45, 7) is 10.4. The Labute approximate surface area is 174 Å². The molecule has 2 aromatic rings. The van der Waals surface area contributed by atoms with Crippen LogP contribution in [0.25, 0.3) is 6.08 Å². The van der Waals surface area contributed by atoms with Crippen molar-refractivity contribution in [1.82, 2.24) is 0 Å². The molecule has 0 saturated carbocycles. The van der Waals surface area contributed by atoms with Crippen LogP contribution < -0.4 is 9.91 Å². The van der Waals surface area contributed by atoms with Gasteiger partial charge in [0.15, 0.2) is 5.88 Å². The predicted octanol–water partition coefficient (Wildman–Crippen LogP) is 3.95. The van der Waals surface area contributed by atoms with Crippen LogP contribution in [0.15, 0.2) is 45.4 Å². The van der Waals surface area contributed by atoms with E-state index in [4.69, 9.17) is 14.3 Å². The Kier molecular flexibility index (Phi) is 6.87. The molecule has 1 aromatic carbocycles. The van der Waals surface area contributed by atoms with Crippen molar-refractivity contribution in [2.24, 2.45) is 5.10 Å². The Hall–Kier alpha value is -3.16. The number of hydrogen-bond donors (Lipinski definition) is 1. The van der Waals surface area contributed by atoms with Crippen molar-refractivity contribution in [2.45, 2.75) is 33.3 Å². The van der Waals surface area contributed by atoms with Gasteiger partial charge in [0.05, 0.1) is 17.0 Å². The number of aryl methyl sites for hydroxylation is 1. The Bertz CT molecular complexity index is 999. The molecule has 8 nitrogen and oxygen atoms in total. The fourth-order valence-electron chi connectivity index (χ4n) is 3.66. The van der Waals surface area contributed by atoms with Crippen molar-refractivity contribution in [1.29, 1.82) is 0 Å². The summed E-state index contributed by atoms with van der Waals surface area (Å²) in [6.07, 6.45) is 4.11. The average molecular weight is 409 g/mol. The van der Waals surface area contributed by atoms with E-state index in [1.807, 2.05) is 19.9 Å². The maximum absolute atomic E-state index is 12.9. The van der Waals surface area contributed by atoms with Crippen LogP contribution in [0.3, 0.4) is 0 Å². The topological polar surface area (TPSA) is 98.4 Å². The Morgan fingerprint density at radius 1 is 1.27 bits per heavy atom. The third-order valence-electron chi connectivity index (χ3n) is 5.04. The van der Waals surface area contributed by atoms with Crippen molar-refractivity contribution in [3.05, 3.63) is 59.4 Å². The van der Waals surface area contributed by atoms with Gasteiger partial charge in [-0.25, -0.2) is 4.89 Å². The van der Waals surface area contributed by atoms with Crippen LogP contribution in [0.5, 0.6) is 0 Å². The SMILES string of the molecule is CC1=NN(c2cccc(COO)c2)C(=O)C1=Cc1cc(C)c(N2CCCC2)o1.[C-]#[O+]. The molecule has 30 heavy (non-hydrogen) atoms. The third-order valence-corrected chi connectivity index (χ3v) is 5.04. The Morgan fingerprint density at radius 2 is 2.00 bits per heavy atom. The Morgan fingerprint density at radius 3 is 2.70 bits per heavy atom. The van der Waals surface area contributed by atoms with Gasteiger partial charge in [-0.3, -0.25) is 10.1 Å². The molecular weight excluding hydrogens is 386 g/mol. The molecule has 1 N–H and O–H groups in total. The molecule has 0 spiro atoms. The van der Waals surface area contributed by atoms with Gasteiger partial charge in [0.1, 0.15) is 12.4 Å². The molecule has 0 radical (unpaired) electrons. The van der Waals surface area contributed by atoms with E-state index in [9.17, 15) is 4.79 Å². The maximum atomic E-state index is 12.9. The molecule has 2 aliphatic rings. The minimum atomic E-state index is -0.212. The van der Waals surface area contributed by atoms with E-state index in [-0.39, 0.29) is 12.5 Å². The number of nitrogens with zero attached hydrogens (tertiary/aromatic N) is 3. The second-order valence-electron chi connectivity index (χ2n) is 7.13. The number of hydrogen-bond acceptors (Lipinski definition) is 6. The molecule has 1 aromatic heterocycles. The fraction of sp³-hybridized carbons (Fsp3) is 0.318. The summed E-state index contributed by atoms with van der Waals surface area (Å²) in [5, 5.41) is 14.4. The first-order valence-corrected chi connectivity index (χ1v) is 9.59. The number of hydrazone groups is 1. The minimum absolute atomic E-state index is 0.0478. The van der Waals surface area contributed by atoms with Crippen LogP contribution >= 0.6 is 0 Å². The molecule has 1 amide bonds. The molecule has 1 saturated heterocycles. The number of amides is 1. The summed E-state index contributed by atoms with van der Waals surface area (Å²) >= 11 is 0. The number of benzene rings is 1. The second kappa shape index (κ2) is 9.56. The molecule has 8 heteroatoms. The number of furan rings is 1. The number of anilines is 2. The molecule has 0 bridgehead atoms. The molecule has 2 aliphatic heterocycles. The van der Waals surface area contributed by atoms with Crippen LogP contribution in [0, 0.1) is 13.6 Å². The van der Waals surface area contributed by atoms with Crippen molar-refractivity contribution in [3.63, 3.8) is 0 Å². The summed E-state index contributed by atoms with van der Waals surface area (Å²) in [5.41, 5.74) is 3.57. The summed E-state index contributed by atoms with van der Waals surface area (Å²) in [5.74, 6) is 1.33. The first-order chi connectivity index (χ1) is 14.6. The van der Waals surface area contributed by atoms with E-state index in [1.54, 1.807) is 30.3 Å². The Balaban J connectivity index is 0.00000124. The van der Waals surface area contributed by atoms with Gasteiger partial charge in [-0.2, -0.15) is 10.1 Å². The van der Waals surface area contributed by atoms with Crippen LogP contribution in [-0.2, 0) is 20.9 Å². The fourth-order valence-corrected chi connectivity index (χ4v) is 3.66. The van der Waals surface area contributed by atoms with Crippen LogP contribution in [-0.4, -0.2) is 30.0 Å². The summed E-state index contributed by atoms with van der Waals surface area (Å²) in [7, 11) is 0. The predicted molar refractivity (Wildman–Crippen MR) is 111 cm³/mol. The first-order valence-electron chi connectivity index (χ1n) is 9.59. The summed E-state index contributed by atoms with van der Waals surface area (Å²) < 4.78 is 13.5. The van der Waals surface area contributed by atoms with Crippen molar-refractivity contribution >= 4 is 29.3 Å². The molecule has 3 heterocycles. The standard InChI is InChI=1S/C21H23N3O4.CO/c1-14-10-18(28-21(14)23-8-3-4-9-23)12-19-15(2)22-24(20(19)25)17-7-5-6-16(11-17)13-27-26;1-2/h5-7,10-12,26H,3-4,8-9,13H2,1-2H3;. The van der Waals surface area contributed by atoms with E-state index >= 15 is 0 Å². The van der Waals surface area contributed by atoms with Gasteiger partial charge in [-0.05, 0) is 56.5 Å². The second-order valence-corrected chi connectivity index (χ2v) is 7.13. The molecule has 0 unspecified atom stereocenters.